The predicted octanol–water partition coefficient (Wildman–Crippen LogP) is 1.17. The molecule has 0 aliphatic rings. The maximum Gasteiger partial charge on any atom is 0.331 e. The van der Waals surface area contributed by atoms with Crippen LogP contribution < -0.4 is 10.6 Å². The Morgan fingerprint density at radius 1 is 1.35 bits per heavy atom. The van der Waals surface area contributed by atoms with Crippen molar-refractivity contribution >= 4 is 27.9 Å². The van der Waals surface area contributed by atoms with Crippen LogP contribution >= 0.6 is 15.9 Å². The molecule has 0 aliphatic heterocycles. The lowest BCUT2D eigenvalue weighted by molar-refractivity contribution is -0.146. The highest BCUT2D eigenvalue weighted by Gasteiger charge is 2.20. The molecule has 7 heteroatoms. The van der Waals surface area contributed by atoms with Crippen molar-refractivity contribution in [3.63, 3.8) is 0 Å². The fourth-order valence-corrected chi connectivity index (χ4v) is 1.68. The Morgan fingerprint density at radius 2 is 2.00 bits per heavy atom. The molecule has 0 saturated carbocycles. The lowest BCUT2D eigenvalue weighted by Gasteiger charge is -2.15. The van der Waals surface area contributed by atoms with Crippen molar-refractivity contribution in [3.8, 4) is 0 Å². The largest absolute Gasteiger partial charge is 0.464 e. The number of urea groups is 1. The molecule has 0 radical (unpaired) electrons. The third-order valence-electron chi connectivity index (χ3n) is 2.43. The third kappa shape index (κ3) is 5.58. The number of halogens is 1. The molecule has 20 heavy (non-hydrogen) atoms. The van der Waals surface area contributed by atoms with E-state index < -0.39 is 24.6 Å². The number of aliphatic hydroxyl groups is 1. The second-order valence-electron chi connectivity index (χ2n) is 3.94. The van der Waals surface area contributed by atoms with Crippen molar-refractivity contribution < 1.29 is 19.4 Å². The molecule has 0 fully saturated rings. The van der Waals surface area contributed by atoms with Gasteiger partial charge in [0.1, 0.15) is 0 Å². The molecule has 0 unspecified atom stereocenters. The van der Waals surface area contributed by atoms with Gasteiger partial charge in [0.2, 0.25) is 0 Å². The van der Waals surface area contributed by atoms with Crippen molar-refractivity contribution in [2.24, 2.45) is 0 Å². The summed E-state index contributed by atoms with van der Waals surface area (Å²) in [4.78, 5) is 23.0. The van der Waals surface area contributed by atoms with Crippen LogP contribution in [0.5, 0.6) is 0 Å². The molecule has 1 aromatic carbocycles. The number of ether oxygens (including phenoxy) is 1. The van der Waals surface area contributed by atoms with Gasteiger partial charge in [0, 0.05) is 11.0 Å². The fourth-order valence-electron chi connectivity index (χ4n) is 1.42. The van der Waals surface area contributed by atoms with Crippen LogP contribution in [0.1, 0.15) is 12.5 Å². The normalized spacial score (nSPS) is 11.6. The number of nitrogens with one attached hydrogen (secondary N) is 2. The molecular formula is C13H17BrN2O4. The van der Waals surface area contributed by atoms with Gasteiger partial charge < -0.3 is 20.5 Å². The lowest BCUT2D eigenvalue weighted by Crippen LogP contribution is -2.48. The average molecular weight is 345 g/mol. The molecule has 0 aromatic heterocycles. The first kappa shape index (κ1) is 16.5. The maximum atomic E-state index is 11.6. The molecule has 0 aliphatic carbocycles. The second kappa shape index (κ2) is 8.55. The second-order valence-corrected chi connectivity index (χ2v) is 4.86. The van der Waals surface area contributed by atoms with E-state index in [9.17, 15) is 9.59 Å². The average Bonchev–Trinajstić information content (AvgIpc) is 2.44. The molecule has 110 valence electrons. The Bertz CT molecular complexity index is 450. The Balaban J connectivity index is 2.42. The van der Waals surface area contributed by atoms with Crippen molar-refractivity contribution in [1.29, 1.82) is 0 Å². The highest BCUT2D eigenvalue weighted by Crippen LogP contribution is 2.10. The maximum absolute atomic E-state index is 11.6. The van der Waals surface area contributed by atoms with Crippen LogP contribution in [-0.4, -0.2) is 36.4 Å². The Hall–Kier alpha value is -1.60. The van der Waals surface area contributed by atoms with Gasteiger partial charge in [-0.2, -0.15) is 0 Å². The number of carbonyl (C=O) groups excluding carboxylic acids is 2. The molecule has 0 spiro atoms. The van der Waals surface area contributed by atoms with Crippen molar-refractivity contribution in [2.75, 3.05) is 13.2 Å². The van der Waals surface area contributed by atoms with Crippen LogP contribution in [0.4, 0.5) is 4.79 Å². The summed E-state index contributed by atoms with van der Waals surface area (Å²) in [5, 5.41) is 14.0. The van der Waals surface area contributed by atoms with Crippen molar-refractivity contribution in [3.05, 3.63) is 34.3 Å². The number of hydrogen-bond acceptors (Lipinski definition) is 4. The lowest BCUT2D eigenvalue weighted by atomic mass is 10.2. The first-order valence-corrected chi connectivity index (χ1v) is 6.92. The molecular weight excluding hydrogens is 328 g/mol. The fraction of sp³-hybridized carbons (Fsp3) is 0.385. The van der Waals surface area contributed by atoms with E-state index in [1.807, 2.05) is 24.3 Å². The van der Waals surface area contributed by atoms with E-state index in [4.69, 9.17) is 9.84 Å². The van der Waals surface area contributed by atoms with Gasteiger partial charge in [0.05, 0.1) is 13.2 Å². The van der Waals surface area contributed by atoms with E-state index in [1.54, 1.807) is 6.92 Å². The number of aliphatic hydroxyl groups excluding tert-OH is 1. The zero-order valence-electron chi connectivity index (χ0n) is 11.1. The van der Waals surface area contributed by atoms with E-state index in [0.717, 1.165) is 10.0 Å². The highest BCUT2D eigenvalue weighted by atomic mass is 79.9. The van der Waals surface area contributed by atoms with Gasteiger partial charge in [-0.3, -0.25) is 0 Å². The zero-order valence-corrected chi connectivity index (χ0v) is 12.6. The van der Waals surface area contributed by atoms with Gasteiger partial charge >= 0.3 is 12.0 Å². The number of hydrogen-bond donors (Lipinski definition) is 3. The summed E-state index contributed by atoms with van der Waals surface area (Å²) in [5.41, 5.74) is 0.917. The van der Waals surface area contributed by atoms with Crippen LogP contribution in [-0.2, 0) is 16.1 Å². The molecule has 1 aromatic rings. The smallest absolute Gasteiger partial charge is 0.331 e. The standard InChI is InChI=1S/C13H17BrN2O4/c1-2-20-12(18)11(8-17)16-13(19)15-7-9-3-5-10(14)6-4-9/h3-6,11,17H,2,7-8H2,1H3,(H2,15,16,19)/t11-/m0/s1. The number of esters is 1. The van der Waals surface area contributed by atoms with E-state index >= 15 is 0 Å². The van der Waals surface area contributed by atoms with E-state index in [-0.39, 0.29) is 6.61 Å². The highest BCUT2D eigenvalue weighted by molar-refractivity contribution is 9.10. The molecule has 2 amide bonds. The van der Waals surface area contributed by atoms with Gasteiger partial charge in [-0.25, -0.2) is 9.59 Å². The van der Waals surface area contributed by atoms with Gasteiger partial charge in [0.15, 0.2) is 6.04 Å². The summed E-state index contributed by atoms with van der Waals surface area (Å²) < 4.78 is 5.68. The zero-order chi connectivity index (χ0) is 15.0. The monoisotopic (exact) mass is 344 g/mol. The first-order chi connectivity index (χ1) is 9.56. The molecule has 0 saturated heterocycles. The van der Waals surface area contributed by atoms with Crippen molar-refractivity contribution in [1.82, 2.24) is 10.6 Å². The van der Waals surface area contributed by atoms with Gasteiger partial charge in [0.25, 0.3) is 0 Å². The Labute approximate surface area is 125 Å². The van der Waals surface area contributed by atoms with Crippen molar-refractivity contribution in [2.45, 2.75) is 19.5 Å². The van der Waals surface area contributed by atoms with Gasteiger partial charge in [-0.15, -0.1) is 0 Å². The summed E-state index contributed by atoms with van der Waals surface area (Å²) in [6, 6.07) is 5.85. The molecule has 3 N–H and O–H groups in total. The van der Waals surface area contributed by atoms with Crippen LogP contribution in [0.25, 0.3) is 0 Å². The van der Waals surface area contributed by atoms with E-state index in [2.05, 4.69) is 26.6 Å². The summed E-state index contributed by atoms with van der Waals surface area (Å²) >= 11 is 3.32. The summed E-state index contributed by atoms with van der Waals surface area (Å²) in [6.07, 6.45) is 0. The minimum absolute atomic E-state index is 0.192. The number of carbonyl (C=O) groups is 2. The molecule has 1 rings (SSSR count). The van der Waals surface area contributed by atoms with Crippen LogP contribution in [0.3, 0.4) is 0 Å². The minimum atomic E-state index is -1.06. The van der Waals surface area contributed by atoms with Gasteiger partial charge in [-0.1, -0.05) is 28.1 Å². The number of amides is 2. The van der Waals surface area contributed by atoms with Crippen LogP contribution in [0.15, 0.2) is 28.7 Å². The summed E-state index contributed by atoms with van der Waals surface area (Å²) in [6.45, 7) is 1.65. The molecule has 0 heterocycles. The molecule has 6 nitrogen and oxygen atoms in total. The van der Waals surface area contributed by atoms with E-state index in [1.165, 1.54) is 0 Å². The number of rotatable bonds is 6. The first-order valence-electron chi connectivity index (χ1n) is 6.13. The number of benzene rings is 1. The molecule has 0 bridgehead atoms. The van der Waals surface area contributed by atoms with Gasteiger partial charge in [-0.05, 0) is 24.6 Å². The molecule has 1 atom stereocenters. The summed E-state index contributed by atoms with van der Waals surface area (Å²) in [7, 11) is 0. The quantitative estimate of drug-likeness (QED) is 0.676. The van der Waals surface area contributed by atoms with Crippen LogP contribution in [0, 0.1) is 0 Å². The van der Waals surface area contributed by atoms with E-state index in [0.29, 0.717) is 6.54 Å². The Morgan fingerprint density at radius 3 is 2.55 bits per heavy atom. The summed E-state index contributed by atoms with van der Waals surface area (Å²) in [5.74, 6) is -0.659. The topological polar surface area (TPSA) is 87.7 Å². The van der Waals surface area contributed by atoms with Crippen LogP contribution in [0.2, 0.25) is 0 Å². The predicted molar refractivity (Wildman–Crippen MR) is 77.0 cm³/mol. The Kier molecular flexibility index (Phi) is 7.03. The SMILES string of the molecule is CCOC(=O)[C@H](CO)NC(=O)NCc1ccc(Br)cc1. The minimum Gasteiger partial charge on any atom is -0.464 e. The third-order valence-corrected chi connectivity index (χ3v) is 2.95.